The van der Waals surface area contributed by atoms with E-state index in [1.807, 2.05) is 23.4 Å². The second-order valence-corrected chi connectivity index (χ2v) is 8.40. The summed E-state index contributed by atoms with van der Waals surface area (Å²) in [5.74, 6) is 2.12. The molecule has 1 saturated heterocycles. The molecule has 0 radical (unpaired) electrons. The fourth-order valence-corrected chi connectivity index (χ4v) is 4.48. The van der Waals surface area contributed by atoms with Crippen LogP contribution in [0.5, 0.6) is 0 Å². The number of imidazole rings is 1. The first kappa shape index (κ1) is 18.3. The van der Waals surface area contributed by atoms with E-state index in [2.05, 4.69) is 42.8 Å². The molecule has 2 N–H and O–H groups in total. The van der Waals surface area contributed by atoms with E-state index < -0.39 is 0 Å². The topological polar surface area (TPSA) is 105 Å². The van der Waals surface area contributed by atoms with Gasteiger partial charge in [-0.05, 0) is 38.3 Å². The minimum Gasteiger partial charge on any atom is -0.364 e. The van der Waals surface area contributed by atoms with Crippen LogP contribution in [-0.4, -0.2) is 59.4 Å². The van der Waals surface area contributed by atoms with E-state index in [0.717, 1.165) is 78.3 Å². The summed E-state index contributed by atoms with van der Waals surface area (Å²) in [6.45, 7) is 4.34. The highest BCUT2D eigenvalue weighted by molar-refractivity contribution is 5.88. The molecule has 1 saturated carbocycles. The fraction of sp³-hybridized carbons (Fsp3) is 0.409. The van der Waals surface area contributed by atoms with E-state index in [-0.39, 0.29) is 12.0 Å². The quantitative estimate of drug-likeness (QED) is 0.518. The normalized spacial score (nSPS) is 18.9. The van der Waals surface area contributed by atoms with Crippen molar-refractivity contribution in [1.82, 2.24) is 34.4 Å². The molecule has 0 bridgehead atoms. The average Bonchev–Trinajstić information content (AvgIpc) is 3.20. The van der Waals surface area contributed by atoms with Gasteiger partial charge in [-0.15, -0.1) is 0 Å². The number of nitrogens with one attached hydrogen (secondary N) is 2. The maximum atomic E-state index is 12.4. The zero-order valence-electron chi connectivity index (χ0n) is 17.4. The molecule has 0 spiro atoms. The zero-order valence-corrected chi connectivity index (χ0v) is 17.4. The van der Waals surface area contributed by atoms with E-state index in [9.17, 15) is 4.79 Å². The zero-order chi connectivity index (χ0) is 20.9. The molecule has 9 nitrogen and oxygen atoms in total. The van der Waals surface area contributed by atoms with Gasteiger partial charge < -0.3 is 19.8 Å². The lowest BCUT2D eigenvalue weighted by Gasteiger charge is -2.17. The van der Waals surface area contributed by atoms with Crippen LogP contribution in [0.15, 0.2) is 30.9 Å². The Labute approximate surface area is 178 Å². The molecular formula is C22H24N8O. The summed E-state index contributed by atoms with van der Waals surface area (Å²) in [4.78, 5) is 35.9. The van der Waals surface area contributed by atoms with Crippen molar-refractivity contribution in [2.45, 2.75) is 38.8 Å². The van der Waals surface area contributed by atoms with Crippen LogP contribution in [0.1, 0.15) is 26.2 Å². The van der Waals surface area contributed by atoms with Gasteiger partial charge in [-0.25, -0.2) is 19.9 Å². The average molecular weight is 416 g/mol. The number of anilines is 1. The van der Waals surface area contributed by atoms with Gasteiger partial charge in [-0.3, -0.25) is 4.79 Å². The minimum absolute atomic E-state index is 0.175. The van der Waals surface area contributed by atoms with Gasteiger partial charge in [-0.1, -0.05) is 0 Å². The third kappa shape index (κ3) is 3.11. The Kier molecular flexibility index (Phi) is 4.15. The number of pyridine rings is 1. The van der Waals surface area contributed by atoms with E-state index >= 15 is 0 Å². The van der Waals surface area contributed by atoms with Crippen LogP contribution in [0.3, 0.4) is 0 Å². The number of aryl methyl sites for hydroxylation is 1. The van der Waals surface area contributed by atoms with Crippen LogP contribution in [0, 0.1) is 5.92 Å². The molecule has 2 fully saturated rings. The van der Waals surface area contributed by atoms with Crippen molar-refractivity contribution in [2.24, 2.45) is 5.92 Å². The number of carbonyl (C=O) groups is 1. The summed E-state index contributed by atoms with van der Waals surface area (Å²) in [5, 5.41) is 4.57. The van der Waals surface area contributed by atoms with Crippen molar-refractivity contribution in [3.63, 3.8) is 0 Å². The molecule has 2 aliphatic rings. The van der Waals surface area contributed by atoms with Gasteiger partial charge in [0.15, 0.2) is 17.0 Å². The number of hydrogen-bond donors (Lipinski definition) is 2. The highest BCUT2D eigenvalue weighted by atomic mass is 16.2. The van der Waals surface area contributed by atoms with Gasteiger partial charge in [0.05, 0.1) is 0 Å². The highest BCUT2D eigenvalue weighted by Crippen LogP contribution is 2.33. The van der Waals surface area contributed by atoms with Crippen LogP contribution in [0.4, 0.5) is 5.82 Å². The van der Waals surface area contributed by atoms with Crippen LogP contribution in [0.25, 0.3) is 33.6 Å². The largest absolute Gasteiger partial charge is 0.364 e. The summed E-state index contributed by atoms with van der Waals surface area (Å²) in [6, 6.07) is 4.27. The Morgan fingerprint density at radius 1 is 1.26 bits per heavy atom. The number of fused-ring (bicyclic) bond motifs is 2. The Morgan fingerprint density at radius 3 is 3.00 bits per heavy atom. The molecule has 31 heavy (non-hydrogen) atoms. The number of nitrogens with zero attached hydrogens (tertiary/aromatic N) is 6. The second-order valence-electron chi connectivity index (χ2n) is 8.40. The number of rotatable bonds is 5. The van der Waals surface area contributed by atoms with Crippen LogP contribution in [-0.2, 0) is 11.3 Å². The second kappa shape index (κ2) is 7.04. The molecule has 1 amide bonds. The van der Waals surface area contributed by atoms with E-state index in [1.165, 1.54) is 0 Å². The van der Waals surface area contributed by atoms with Crippen LogP contribution >= 0.6 is 0 Å². The maximum Gasteiger partial charge on any atom is 0.225 e. The summed E-state index contributed by atoms with van der Waals surface area (Å²) in [5.41, 5.74) is 3.35. The maximum absolute atomic E-state index is 12.4. The van der Waals surface area contributed by atoms with Gasteiger partial charge >= 0.3 is 0 Å². The number of aromatic nitrogens is 6. The number of amides is 1. The third-order valence-corrected chi connectivity index (χ3v) is 6.27. The number of aromatic amines is 1. The predicted molar refractivity (Wildman–Crippen MR) is 117 cm³/mol. The Balaban J connectivity index is 1.33. The first-order valence-corrected chi connectivity index (χ1v) is 10.9. The predicted octanol–water partition coefficient (Wildman–Crippen LogP) is 2.81. The highest BCUT2D eigenvalue weighted by Gasteiger charge is 2.36. The van der Waals surface area contributed by atoms with E-state index in [0.29, 0.717) is 5.91 Å². The molecule has 5 heterocycles. The Morgan fingerprint density at radius 2 is 2.16 bits per heavy atom. The summed E-state index contributed by atoms with van der Waals surface area (Å²) in [7, 11) is 0. The standard InChI is InChI=1S/C22H24N8O/c1-2-30-20(15-9-14-5-7-23-18(14)24-10-15)28-17-19(25-12-26-21(17)30)27-16-6-8-29(11-16)22(31)13-3-4-13/h5,7,9-10,12-13,16H,2-4,6,8,11H2,1H3,(H,23,24)(H,25,26,27)/t16-/m0/s1. The molecule has 1 aliphatic heterocycles. The van der Waals surface area contributed by atoms with Crippen molar-refractivity contribution in [1.29, 1.82) is 0 Å². The minimum atomic E-state index is 0.175. The lowest BCUT2D eigenvalue weighted by atomic mass is 10.2. The lowest BCUT2D eigenvalue weighted by Crippen LogP contribution is -2.32. The molecule has 9 heteroatoms. The monoisotopic (exact) mass is 416 g/mol. The first-order chi connectivity index (χ1) is 15.2. The molecule has 1 aliphatic carbocycles. The van der Waals surface area contributed by atoms with Gasteiger partial charge in [0, 0.05) is 54.9 Å². The molecule has 0 aromatic carbocycles. The van der Waals surface area contributed by atoms with Crippen molar-refractivity contribution < 1.29 is 4.79 Å². The summed E-state index contributed by atoms with van der Waals surface area (Å²) >= 11 is 0. The van der Waals surface area contributed by atoms with E-state index in [4.69, 9.17) is 4.98 Å². The van der Waals surface area contributed by atoms with Crippen molar-refractivity contribution in [3.8, 4) is 11.4 Å². The fourth-order valence-electron chi connectivity index (χ4n) is 4.48. The summed E-state index contributed by atoms with van der Waals surface area (Å²) < 4.78 is 2.09. The van der Waals surface area contributed by atoms with Gasteiger partial charge in [-0.2, -0.15) is 0 Å². The smallest absolute Gasteiger partial charge is 0.225 e. The van der Waals surface area contributed by atoms with Gasteiger partial charge in [0.25, 0.3) is 0 Å². The molecule has 0 unspecified atom stereocenters. The lowest BCUT2D eigenvalue weighted by molar-refractivity contribution is -0.131. The molecule has 4 aromatic rings. The molecule has 158 valence electrons. The Bertz CT molecular complexity index is 1290. The van der Waals surface area contributed by atoms with Crippen LogP contribution < -0.4 is 5.32 Å². The number of carbonyl (C=O) groups excluding carboxylic acids is 1. The molecule has 4 aromatic heterocycles. The third-order valence-electron chi connectivity index (χ3n) is 6.27. The Hall–Kier alpha value is -3.49. The van der Waals surface area contributed by atoms with Crippen molar-refractivity contribution in [2.75, 3.05) is 18.4 Å². The van der Waals surface area contributed by atoms with Gasteiger partial charge in [0.1, 0.15) is 17.8 Å². The molecule has 6 rings (SSSR count). The summed E-state index contributed by atoms with van der Waals surface area (Å²) in [6.07, 6.45) is 8.31. The number of likely N-dealkylation sites (tertiary alicyclic amines) is 1. The van der Waals surface area contributed by atoms with E-state index in [1.54, 1.807) is 6.33 Å². The van der Waals surface area contributed by atoms with Gasteiger partial charge in [0.2, 0.25) is 5.91 Å². The SMILES string of the molecule is CCn1c(-c2cnc3[nH]ccc3c2)nc2c(N[C@H]3CCN(C(=O)C4CC4)C3)ncnc21. The van der Waals surface area contributed by atoms with Crippen LogP contribution in [0.2, 0.25) is 0 Å². The number of hydrogen-bond acceptors (Lipinski definition) is 6. The van der Waals surface area contributed by atoms with Crippen molar-refractivity contribution >= 4 is 33.9 Å². The van der Waals surface area contributed by atoms with Crippen molar-refractivity contribution in [3.05, 3.63) is 30.9 Å². The molecule has 1 atom stereocenters. The molecular weight excluding hydrogens is 392 g/mol. The number of H-pyrrole nitrogens is 1. The first-order valence-electron chi connectivity index (χ1n) is 10.9.